The summed E-state index contributed by atoms with van der Waals surface area (Å²) in [4.78, 5) is 35.7. The molecule has 0 saturated carbocycles. The third-order valence-electron chi connectivity index (χ3n) is 3.93. The van der Waals surface area contributed by atoms with Gasteiger partial charge in [-0.25, -0.2) is 9.59 Å². The van der Waals surface area contributed by atoms with E-state index < -0.39 is 17.4 Å². The van der Waals surface area contributed by atoms with Crippen LogP contribution in [-0.4, -0.2) is 46.1 Å². The van der Waals surface area contributed by atoms with E-state index in [2.05, 4.69) is 16.0 Å². The number of carboxylic acids is 1. The van der Waals surface area contributed by atoms with Gasteiger partial charge in [0.15, 0.2) is 0 Å². The molecule has 3 amide bonds. The molecule has 0 spiro atoms. The SMILES string of the molecule is CC(C)NC(=O)Nc1ccc(C(=O)NC2(C(=O)O)CCSCC2)cc1. The van der Waals surface area contributed by atoms with Crippen LogP contribution in [0, 0.1) is 0 Å². The fraction of sp³-hybridized carbons (Fsp3) is 0.471. The molecule has 7 nitrogen and oxygen atoms in total. The molecule has 1 heterocycles. The van der Waals surface area contributed by atoms with Crippen molar-refractivity contribution < 1.29 is 19.5 Å². The van der Waals surface area contributed by atoms with E-state index in [9.17, 15) is 19.5 Å². The quantitative estimate of drug-likeness (QED) is 0.640. The summed E-state index contributed by atoms with van der Waals surface area (Å²) in [6.07, 6.45) is 0.821. The van der Waals surface area contributed by atoms with Crippen molar-refractivity contribution in [1.82, 2.24) is 10.6 Å². The molecule has 0 aromatic heterocycles. The number of carbonyl (C=O) groups is 3. The molecule has 2 rings (SSSR count). The van der Waals surface area contributed by atoms with Gasteiger partial charge in [-0.2, -0.15) is 11.8 Å². The van der Waals surface area contributed by atoms with Crippen molar-refractivity contribution in [3.8, 4) is 0 Å². The molecule has 1 aliphatic rings. The van der Waals surface area contributed by atoms with Crippen molar-refractivity contribution in [2.45, 2.75) is 38.3 Å². The zero-order chi connectivity index (χ0) is 18.4. The highest BCUT2D eigenvalue weighted by Crippen LogP contribution is 2.28. The summed E-state index contributed by atoms with van der Waals surface area (Å²) >= 11 is 1.69. The van der Waals surface area contributed by atoms with Gasteiger partial charge in [0.25, 0.3) is 5.91 Å². The average molecular weight is 365 g/mol. The van der Waals surface area contributed by atoms with Crippen molar-refractivity contribution in [2.75, 3.05) is 16.8 Å². The van der Waals surface area contributed by atoms with E-state index in [1.807, 2.05) is 13.8 Å². The Kier molecular flexibility index (Phi) is 6.30. The third kappa shape index (κ3) is 5.12. The predicted octanol–water partition coefficient (Wildman–Crippen LogP) is 2.30. The van der Waals surface area contributed by atoms with E-state index in [0.717, 1.165) is 0 Å². The molecule has 1 aliphatic heterocycles. The van der Waals surface area contributed by atoms with Crippen molar-refractivity contribution in [1.29, 1.82) is 0 Å². The van der Waals surface area contributed by atoms with Crippen LogP contribution in [0.2, 0.25) is 0 Å². The van der Waals surface area contributed by atoms with E-state index in [1.54, 1.807) is 36.0 Å². The van der Waals surface area contributed by atoms with E-state index in [4.69, 9.17) is 0 Å². The molecule has 1 aromatic carbocycles. The minimum atomic E-state index is -1.20. The van der Waals surface area contributed by atoms with Gasteiger partial charge >= 0.3 is 12.0 Å². The highest BCUT2D eigenvalue weighted by molar-refractivity contribution is 7.99. The van der Waals surface area contributed by atoms with Gasteiger partial charge < -0.3 is 21.1 Å². The molecule has 8 heteroatoms. The van der Waals surface area contributed by atoms with Gasteiger partial charge in [0.2, 0.25) is 0 Å². The summed E-state index contributed by atoms with van der Waals surface area (Å²) in [5.74, 6) is -0.00173. The molecule has 1 saturated heterocycles. The standard InChI is InChI=1S/C17H23N3O4S/c1-11(2)18-16(24)19-13-5-3-12(4-6-13)14(21)20-17(15(22)23)7-9-25-10-8-17/h3-6,11H,7-10H2,1-2H3,(H,20,21)(H,22,23)(H2,18,19,24). The number of nitrogens with one attached hydrogen (secondary N) is 3. The molecule has 0 bridgehead atoms. The fourth-order valence-electron chi connectivity index (χ4n) is 2.54. The van der Waals surface area contributed by atoms with Crippen LogP contribution in [0.3, 0.4) is 0 Å². The maximum Gasteiger partial charge on any atom is 0.329 e. The monoisotopic (exact) mass is 365 g/mol. The van der Waals surface area contributed by atoms with Crippen LogP contribution >= 0.6 is 11.8 Å². The van der Waals surface area contributed by atoms with Crippen molar-refractivity contribution >= 4 is 35.4 Å². The molecule has 1 aromatic rings. The Morgan fingerprint density at radius 1 is 1.12 bits per heavy atom. The van der Waals surface area contributed by atoms with Crippen molar-refractivity contribution in [3.05, 3.63) is 29.8 Å². The van der Waals surface area contributed by atoms with Crippen LogP contribution in [-0.2, 0) is 4.79 Å². The van der Waals surface area contributed by atoms with Gasteiger partial charge in [-0.05, 0) is 62.5 Å². The Bertz CT molecular complexity index is 640. The lowest BCUT2D eigenvalue weighted by molar-refractivity contribution is -0.144. The number of carboxylic acid groups (broad SMARTS) is 1. The molecule has 25 heavy (non-hydrogen) atoms. The van der Waals surface area contributed by atoms with Gasteiger partial charge in [-0.1, -0.05) is 0 Å². The molecular weight excluding hydrogens is 342 g/mol. The summed E-state index contributed by atoms with van der Waals surface area (Å²) in [6, 6.07) is 6.04. The average Bonchev–Trinajstić information content (AvgIpc) is 2.55. The Hall–Kier alpha value is -2.22. The highest BCUT2D eigenvalue weighted by Gasteiger charge is 2.41. The van der Waals surface area contributed by atoms with E-state index in [0.29, 0.717) is 35.6 Å². The minimum absolute atomic E-state index is 0.0194. The van der Waals surface area contributed by atoms with Crippen LogP contribution in [0.1, 0.15) is 37.0 Å². The lowest BCUT2D eigenvalue weighted by Gasteiger charge is -2.33. The maximum atomic E-state index is 12.4. The molecule has 4 N–H and O–H groups in total. The van der Waals surface area contributed by atoms with Crippen LogP contribution < -0.4 is 16.0 Å². The summed E-state index contributed by atoms with van der Waals surface area (Å²) in [5, 5.41) is 17.6. The van der Waals surface area contributed by atoms with Crippen molar-refractivity contribution in [2.24, 2.45) is 0 Å². The maximum absolute atomic E-state index is 12.4. The Balaban J connectivity index is 2.02. The van der Waals surface area contributed by atoms with Gasteiger partial charge in [0.1, 0.15) is 5.54 Å². The number of rotatable bonds is 5. The molecular formula is C17H23N3O4S. The lowest BCUT2D eigenvalue weighted by atomic mass is 9.92. The second-order valence-corrected chi connectivity index (χ2v) is 7.51. The Labute approximate surface area is 150 Å². The molecule has 136 valence electrons. The summed E-state index contributed by atoms with van der Waals surface area (Å²) in [7, 11) is 0. The molecule has 0 radical (unpaired) electrons. The summed E-state index contributed by atoms with van der Waals surface area (Å²) in [5.41, 5.74) is -0.290. The fourth-order valence-corrected chi connectivity index (χ4v) is 3.73. The molecule has 1 fully saturated rings. The number of hydrogen-bond acceptors (Lipinski definition) is 4. The first kappa shape index (κ1) is 19.1. The number of amides is 3. The van der Waals surface area contributed by atoms with E-state index in [1.165, 1.54) is 0 Å². The van der Waals surface area contributed by atoms with Crippen LogP contribution in [0.25, 0.3) is 0 Å². The zero-order valence-corrected chi connectivity index (χ0v) is 15.1. The zero-order valence-electron chi connectivity index (χ0n) is 14.3. The summed E-state index contributed by atoms with van der Waals surface area (Å²) in [6.45, 7) is 3.71. The third-order valence-corrected chi connectivity index (χ3v) is 4.92. The van der Waals surface area contributed by atoms with Gasteiger partial charge in [-0.15, -0.1) is 0 Å². The molecule has 0 unspecified atom stereocenters. The van der Waals surface area contributed by atoms with Crippen LogP contribution in [0.4, 0.5) is 10.5 Å². The van der Waals surface area contributed by atoms with Gasteiger partial charge in [0, 0.05) is 17.3 Å². The minimum Gasteiger partial charge on any atom is -0.480 e. The molecule has 0 atom stereocenters. The number of benzene rings is 1. The van der Waals surface area contributed by atoms with Crippen LogP contribution in [0.15, 0.2) is 24.3 Å². The van der Waals surface area contributed by atoms with Crippen LogP contribution in [0.5, 0.6) is 0 Å². The number of anilines is 1. The first-order valence-electron chi connectivity index (χ1n) is 8.14. The number of carbonyl (C=O) groups excluding carboxylic acids is 2. The van der Waals surface area contributed by atoms with E-state index in [-0.39, 0.29) is 12.1 Å². The molecule has 0 aliphatic carbocycles. The number of urea groups is 1. The van der Waals surface area contributed by atoms with Gasteiger partial charge in [-0.3, -0.25) is 4.79 Å². The van der Waals surface area contributed by atoms with E-state index >= 15 is 0 Å². The normalized spacial score (nSPS) is 16.1. The number of hydrogen-bond donors (Lipinski definition) is 4. The highest BCUT2D eigenvalue weighted by atomic mass is 32.2. The second-order valence-electron chi connectivity index (χ2n) is 6.28. The second kappa shape index (κ2) is 8.24. The largest absolute Gasteiger partial charge is 0.480 e. The van der Waals surface area contributed by atoms with Crippen molar-refractivity contribution in [3.63, 3.8) is 0 Å². The first-order valence-corrected chi connectivity index (χ1v) is 9.29. The Morgan fingerprint density at radius 2 is 1.72 bits per heavy atom. The topological polar surface area (TPSA) is 108 Å². The Morgan fingerprint density at radius 3 is 2.24 bits per heavy atom. The number of thioether (sulfide) groups is 1. The smallest absolute Gasteiger partial charge is 0.329 e. The van der Waals surface area contributed by atoms with Gasteiger partial charge in [0.05, 0.1) is 0 Å². The first-order chi connectivity index (χ1) is 11.8. The predicted molar refractivity (Wildman–Crippen MR) is 98.1 cm³/mol. The lowest BCUT2D eigenvalue weighted by Crippen LogP contribution is -2.56. The summed E-state index contributed by atoms with van der Waals surface area (Å²) < 4.78 is 0. The number of aliphatic carboxylic acids is 1.